The van der Waals surface area contributed by atoms with Crippen LogP contribution in [0.25, 0.3) is 5.65 Å². The Bertz CT molecular complexity index is 619. The Morgan fingerprint density at radius 2 is 2.10 bits per heavy atom. The quantitative estimate of drug-likeness (QED) is 0.939. The van der Waals surface area contributed by atoms with Crippen LogP contribution in [0.1, 0.15) is 31.0 Å². The fourth-order valence-electron chi connectivity index (χ4n) is 1.80. The first-order chi connectivity index (χ1) is 9.40. The van der Waals surface area contributed by atoms with Gasteiger partial charge in [0.1, 0.15) is 5.65 Å². The van der Waals surface area contributed by atoms with Crippen LogP contribution < -0.4 is 5.32 Å². The van der Waals surface area contributed by atoms with E-state index in [2.05, 4.69) is 10.3 Å². The maximum atomic E-state index is 12.6. The summed E-state index contributed by atoms with van der Waals surface area (Å²) in [5.41, 5.74) is 0.204. The van der Waals surface area contributed by atoms with Crippen LogP contribution in [-0.2, 0) is 17.5 Å². The summed E-state index contributed by atoms with van der Waals surface area (Å²) in [6, 6.07) is 2.29. The fourth-order valence-corrected chi connectivity index (χ4v) is 1.80. The van der Waals surface area contributed by atoms with Crippen LogP contribution in [0.4, 0.5) is 13.2 Å². The Balaban J connectivity index is 2.15. The van der Waals surface area contributed by atoms with Crippen molar-refractivity contribution in [2.45, 2.75) is 32.5 Å². The maximum Gasteiger partial charge on any atom is 0.417 e. The Morgan fingerprint density at radius 1 is 1.35 bits per heavy atom. The molecular weight excluding hydrogens is 271 g/mol. The summed E-state index contributed by atoms with van der Waals surface area (Å²) in [7, 11) is 0. The smallest absolute Gasteiger partial charge is 0.350 e. The van der Waals surface area contributed by atoms with Crippen LogP contribution >= 0.6 is 0 Å². The first kappa shape index (κ1) is 14.4. The Hall–Kier alpha value is -2.05. The molecule has 1 amide bonds. The van der Waals surface area contributed by atoms with E-state index in [-0.39, 0.29) is 12.5 Å². The summed E-state index contributed by atoms with van der Waals surface area (Å²) in [5.74, 6) is -0.0967. The molecule has 2 rings (SSSR count). The van der Waals surface area contributed by atoms with Gasteiger partial charge in [-0.15, -0.1) is 0 Å². The van der Waals surface area contributed by atoms with Crippen molar-refractivity contribution in [1.29, 1.82) is 0 Å². The number of hydrogen-bond acceptors (Lipinski definition) is 2. The summed E-state index contributed by atoms with van der Waals surface area (Å²) in [6.45, 7) is 2.10. The van der Waals surface area contributed by atoms with Gasteiger partial charge in [0.2, 0.25) is 5.91 Å². The number of nitrogens with one attached hydrogen (secondary N) is 1. The highest BCUT2D eigenvalue weighted by atomic mass is 19.4. The van der Waals surface area contributed by atoms with Gasteiger partial charge >= 0.3 is 6.18 Å². The van der Waals surface area contributed by atoms with Crippen LogP contribution in [0.3, 0.4) is 0 Å². The standard InChI is InChI=1S/C13H14F3N3O/c1-2-3-12(20)17-6-10-8-19-7-9(13(14,15)16)4-5-11(19)18-10/h4-5,7-8H,2-3,6H2,1H3,(H,17,20). The van der Waals surface area contributed by atoms with Crippen molar-refractivity contribution >= 4 is 11.6 Å². The number of pyridine rings is 1. The first-order valence-corrected chi connectivity index (χ1v) is 6.21. The number of nitrogens with zero attached hydrogens (tertiary/aromatic N) is 2. The van der Waals surface area contributed by atoms with Crippen molar-refractivity contribution in [1.82, 2.24) is 14.7 Å². The molecule has 0 aromatic carbocycles. The van der Waals surface area contributed by atoms with Crippen LogP contribution in [-0.4, -0.2) is 15.3 Å². The highest BCUT2D eigenvalue weighted by Crippen LogP contribution is 2.29. The van der Waals surface area contributed by atoms with E-state index in [1.165, 1.54) is 16.7 Å². The molecule has 0 radical (unpaired) electrons. The number of carbonyl (C=O) groups is 1. The monoisotopic (exact) mass is 285 g/mol. The molecule has 0 aliphatic heterocycles. The lowest BCUT2D eigenvalue weighted by Crippen LogP contribution is -2.22. The molecule has 0 fully saturated rings. The number of amides is 1. The number of imidazole rings is 1. The van der Waals surface area contributed by atoms with Crippen molar-refractivity contribution in [3.63, 3.8) is 0 Å². The molecule has 0 saturated carbocycles. The van der Waals surface area contributed by atoms with Crippen molar-refractivity contribution in [2.24, 2.45) is 0 Å². The van der Waals surface area contributed by atoms with E-state index in [1.54, 1.807) is 0 Å². The number of hydrogen-bond donors (Lipinski definition) is 1. The SMILES string of the molecule is CCCC(=O)NCc1cn2cc(C(F)(F)F)ccc2n1. The number of carbonyl (C=O) groups excluding carboxylic acids is 1. The minimum absolute atomic E-state index is 0.0967. The molecule has 2 aromatic heterocycles. The van der Waals surface area contributed by atoms with Gasteiger partial charge in [-0.3, -0.25) is 4.79 Å². The molecule has 0 aliphatic rings. The summed E-state index contributed by atoms with van der Waals surface area (Å²) in [5, 5.41) is 2.67. The summed E-state index contributed by atoms with van der Waals surface area (Å²) >= 11 is 0. The van der Waals surface area contributed by atoms with E-state index >= 15 is 0 Å². The van der Waals surface area contributed by atoms with Crippen molar-refractivity contribution < 1.29 is 18.0 Å². The average Bonchev–Trinajstić information content (AvgIpc) is 2.77. The van der Waals surface area contributed by atoms with E-state index in [0.717, 1.165) is 18.7 Å². The van der Waals surface area contributed by atoms with Crippen LogP contribution in [0.15, 0.2) is 24.5 Å². The predicted octanol–water partition coefficient (Wildman–Crippen LogP) is 2.77. The molecule has 20 heavy (non-hydrogen) atoms. The van der Waals surface area contributed by atoms with Crippen LogP contribution in [0.2, 0.25) is 0 Å². The topological polar surface area (TPSA) is 46.4 Å². The van der Waals surface area contributed by atoms with Gasteiger partial charge in [-0.1, -0.05) is 6.92 Å². The van der Waals surface area contributed by atoms with E-state index in [0.29, 0.717) is 17.8 Å². The largest absolute Gasteiger partial charge is 0.417 e. The zero-order chi connectivity index (χ0) is 14.8. The van der Waals surface area contributed by atoms with Crippen LogP contribution in [0, 0.1) is 0 Å². The van der Waals surface area contributed by atoms with E-state index < -0.39 is 11.7 Å². The number of fused-ring (bicyclic) bond motifs is 1. The third-order valence-electron chi connectivity index (χ3n) is 2.77. The van der Waals surface area contributed by atoms with Gasteiger partial charge in [-0.25, -0.2) is 4.98 Å². The Labute approximate surface area is 113 Å². The van der Waals surface area contributed by atoms with Gasteiger partial charge in [-0.2, -0.15) is 13.2 Å². The maximum absolute atomic E-state index is 12.6. The first-order valence-electron chi connectivity index (χ1n) is 6.21. The normalized spacial score (nSPS) is 11.8. The molecule has 4 nitrogen and oxygen atoms in total. The molecule has 108 valence electrons. The van der Waals surface area contributed by atoms with Gasteiger partial charge < -0.3 is 9.72 Å². The number of halogens is 3. The predicted molar refractivity (Wildman–Crippen MR) is 66.9 cm³/mol. The van der Waals surface area contributed by atoms with Gasteiger partial charge in [0, 0.05) is 18.8 Å². The molecular formula is C13H14F3N3O. The molecule has 0 spiro atoms. The zero-order valence-corrected chi connectivity index (χ0v) is 10.9. The molecule has 7 heteroatoms. The lowest BCUT2D eigenvalue weighted by Gasteiger charge is -2.05. The van der Waals surface area contributed by atoms with Gasteiger partial charge in [0.25, 0.3) is 0 Å². The van der Waals surface area contributed by atoms with Gasteiger partial charge in [0.05, 0.1) is 17.8 Å². The third kappa shape index (κ3) is 3.28. The lowest BCUT2D eigenvalue weighted by molar-refractivity contribution is -0.137. The molecule has 0 aliphatic carbocycles. The fraction of sp³-hybridized carbons (Fsp3) is 0.385. The Morgan fingerprint density at radius 3 is 2.75 bits per heavy atom. The summed E-state index contributed by atoms with van der Waals surface area (Å²) in [4.78, 5) is 15.5. The minimum Gasteiger partial charge on any atom is -0.350 e. The number of alkyl halides is 3. The summed E-state index contributed by atoms with van der Waals surface area (Å²) in [6.07, 6.45) is -0.748. The molecule has 0 atom stereocenters. The highest BCUT2D eigenvalue weighted by Gasteiger charge is 2.30. The second kappa shape index (κ2) is 5.52. The molecule has 0 unspecified atom stereocenters. The number of rotatable bonds is 4. The van der Waals surface area contributed by atoms with E-state index in [4.69, 9.17) is 0 Å². The van der Waals surface area contributed by atoms with Crippen molar-refractivity contribution in [2.75, 3.05) is 0 Å². The zero-order valence-electron chi connectivity index (χ0n) is 10.9. The van der Waals surface area contributed by atoms with Crippen molar-refractivity contribution in [3.05, 3.63) is 35.8 Å². The second-order valence-electron chi connectivity index (χ2n) is 4.44. The minimum atomic E-state index is -4.38. The van der Waals surface area contributed by atoms with Crippen LogP contribution in [0.5, 0.6) is 0 Å². The van der Waals surface area contributed by atoms with E-state index in [9.17, 15) is 18.0 Å². The van der Waals surface area contributed by atoms with E-state index in [1.807, 2.05) is 6.92 Å². The van der Waals surface area contributed by atoms with Crippen molar-refractivity contribution in [3.8, 4) is 0 Å². The molecule has 2 heterocycles. The molecule has 0 bridgehead atoms. The highest BCUT2D eigenvalue weighted by molar-refractivity contribution is 5.75. The molecule has 0 saturated heterocycles. The molecule has 1 N–H and O–H groups in total. The average molecular weight is 285 g/mol. The lowest BCUT2D eigenvalue weighted by atomic mass is 10.3. The summed E-state index contributed by atoms with van der Waals surface area (Å²) < 4.78 is 39.0. The third-order valence-corrected chi connectivity index (χ3v) is 2.77. The Kier molecular flexibility index (Phi) is 3.96. The number of aromatic nitrogens is 2. The molecule has 2 aromatic rings. The van der Waals surface area contributed by atoms with Gasteiger partial charge in [0.15, 0.2) is 0 Å². The van der Waals surface area contributed by atoms with Gasteiger partial charge in [-0.05, 0) is 18.6 Å². The second-order valence-corrected chi connectivity index (χ2v) is 4.44.